The average Bonchev–Trinajstić information content (AvgIpc) is 2.97. The van der Waals surface area contributed by atoms with Gasteiger partial charge in [-0.3, -0.25) is 4.68 Å². The van der Waals surface area contributed by atoms with Crippen molar-refractivity contribution in [1.82, 2.24) is 15.1 Å². The Morgan fingerprint density at radius 2 is 2.47 bits per heavy atom. The molecule has 1 heterocycles. The third kappa shape index (κ3) is 3.20. The molecule has 0 bridgehead atoms. The Labute approximate surface area is 91.2 Å². The van der Waals surface area contributed by atoms with Crippen molar-refractivity contribution in [3.8, 4) is 0 Å². The zero-order chi connectivity index (χ0) is 10.7. The van der Waals surface area contributed by atoms with E-state index in [1.165, 1.54) is 24.0 Å². The number of allylic oxidation sites excluding steroid dienone is 1. The van der Waals surface area contributed by atoms with Crippen LogP contribution in [0.5, 0.6) is 0 Å². The van der Waals surface area contributed by atoms with E-state index in [2.05, 4.69) is 30.1 Å². The van der Waals surface area contributed by atoms with Crippen LogP contribution in [0.15, 0.2) is 24.5 Å². The smallest absolute Gasteiger partial charge is 0.0616 e. The van der Waals surface area contributed by atoms with E-state index in [1.54, 1.807) is 0 Å². The molecule has 1 aromatic heterocycles. The van der Waals surface area contributed by atoms with Crippen LogP contribution < -0.4 is 5.32 Å². The summed E-state index contributed by atoms with van der Waals surface area (Å²) in [5.41, 5.74) is 2.49. The largest absolute Gasteiger partial charge is 0.310 e. The molecule has 0 atom stereocenters. The van der Waals surface area contributed by atoms with E-state index in [9.17, 15) is 0 Å². The van der Waals surface area contributed by atoms with E-state index in [4.69, 9.17) is 0 Å². The van der Waals surface area contributed by atoms with Gasteiger partial charge >= 0.3 is 0 Å². The molecule has 82 valence electrons. The van der Waals surface area contributed by atoms with Gasteiger partial charge in [0.1, 0.15) is 0 Å². The first kappa shape index (κ1) is 10.4. The molecule has 1 aliphatic carbocycles. The van der Waals surface area contributed by atoms with E-state index in [0.717, 1.165) is 25.6 Å². The molecule has 1 aromatic rings. The maximum Gasteiger partial charge on any atom is 0.0616 e. The fourth-order valence-electron chi connectivity index (χ4n) is 1.47. The van der Waals surface area contributed by atoms with Crippen molar-refractivity contribution < 1.29 is 0 Å². The van der Waals surface area contributed by atoms with Gasteiger partial charge in [-0.2, -0.15) is 5.10 Å². The monoisotopic (exact) mass is 205 g/mol. The Balaban J connectivity index is 1.82. The molecule has 3 nitrogen and oxygen atoms in total. The van der Waals surface area contributed by atoms with E-state index in [-0.39, 0.29) is 0 Å². The minimum Gasteiger partial charge on any atom is -0.310 e. The zero-order valence-corrected chi connectivity index (χ0v) is 9.37. The summed E-state index contributed by atoms with van der Waals surface area (Å²) in [6, 6.07) is 0.763. The minimum atomic E-state index is 0.763. The van der Waals surface area contributed by atoms with Crippen molar-refractivity contribution in [3.05, 3.63) is 30.1 Å². The summed E-state index contributed by atoms with van der Waals surface area (Å²) in [5, 5.41) is 7.80. The van der Waals surface area contributed by atoms with Gasteiger partial charge in [0.15, 0.2) is 0 Å². The minimum absolute atomic E-state index is 0.763. The predicted octanol–water partition coefficient (Wildman–Crippen LogP) is 2.10. The molecular formula is C12H19N3. The highest BCUT2D eigenvalue weighted by Gasteiger charge is 2.20. The summed E-state index contributed by atoms with van der Waals surface area (Å²) >= 11 is 0. The lowest BCUT2D eigenvalue weighted by atomic mass is 10.2. The molecule has 0 radical (unpaired) electrons. The summed E-state index contributed by atoms with van der Waals surface area (Å²) in [4.78, 5) is 0. The fourth-order valence-corrected chi connectivity index (χ4v) is 1.47. The van der Waals surface area contributed by atoms with Gasteiger partial charge < -0.3 is 5.32 Å². The first-order valence-electron chi connectivity index (χ1n) is 5.69. The van der Waals surface area contributed by atoms with Crippen molar-refractivity contribution in [3.63, 3.8) is 0 Å². The van der Waals surface area contributed by atoms with Crippen LogP contribution in [0.2, 0.25) is 0 Å². The highest BCUT2D eigenvalue weighted by molar-refractivity contribution is 5.06. The molecule has 2 rings (SSSR count). The molecule has 0 unspecified atom stereocenters. The van der Waals surface area contributed by atoms with Crippen molar-refractivity contribution >= 4 is 0 Å². The van der Waals surface area contributed by atoms with Crippen LogP contribution >= 0.6 is 0 Å². The Hall–Kier alpha value is -1.09. The summed E-state index contributed by atoms with van der Waals surface area (Å²) in [6.07, 6.45) is 7.74. The first-order chi connectivity index (χ1) is 7.28. The van der Waals surface area contributed by atoms with E-state index in [1.807, 2.05) is 10.9 Å². The fraction of sp³-hybridized carbons (Fsp3) is 0.583. The predicted molar refractivity (Wildman–Crippen MR) is 61.5 cm³/mol. The Kier molecular flexibility index (Phi) is 3.21. The van der Waals surface area contributed by atoms with Gasteiger partial charge in [0, 0.05) is 24.3 Å². The van der Waals surface area contributed by atoms with Crippen LogP contribution in [0.4, 0.5) is 0 Å². The second kappa shape index (κ2) is 4.62. The maximum absolute atomic E-state index is 4.32. The normalized spacial score (nSPS) is 15.5. The molecule has 1 saturated carbocycles. The van der Waals surface area contributed by atoms with Crippen LogP contribution in [-0.4, -0.2) is 15.8 Å². The Bertz CT molecular complexity index is 336. The number of rotatable bonds is 6. The molecule has 0 saturated heterocycles. The van der Waals surface area contributed by atoms with Gasteiger partial charge in [0.05, 0.1) is 12.7 Å². The van der Waals surface area contributed by atoms with Gasteiger partial charge in [-0.1, -0.05) is 19.1 Å². The highest BCUT2D eigenvalue weighted by Crippen LogP contribution is 2.19. The molecule has 15 heavy (non-hydrogen) atoms. The van der Waals surface area contributed by atoms with Crippen LogP contribution in [0.3, 0.4) is 0 Å². The van der Waals surface area contributed by atoms with Gasteiger partial charge in [-0.25, -0.2) is 0 Å². The molecule has 3 heteroatoms. The molecule has 0 amide bonds. The number of hydrogen-bond donors (Lipinski definition) is 1. The average molecular weight is 205 g/mol. The SMILES string of the molecule is C=C(CC)Cn1cc(CNC2CC2)cn1. The highest BCUT2D eigenvalue weighted by atomic mass is 15.3. The number of nitrogens with one attached hydrogen (secondary N) is 1. The van der Waals surface area contributed by atoms with E-state index in [0.29, 0.717) is 0 Å². The van der Waals surface area contributed by atoms with Crippen molar-refractivity contribution in [1.29, 1.82) is 0 Å². The molecule has 0 aromatic carbocycles. The summed E-state index contributed by atoms with van der Waals surface area (Å²) < 4.78 is 1.97. The van der Waals surface area contributed by atoms with Crippen LogP contribution in [0.25, 0.3) is 0 Å². The quantitative estimate of drug-likeness (QED) is 0.721. The number of nitrogens with zero attached hydrogens (tertiary/aromatic N) is 2. The topological polar surface area (TPSA) is 29.9 Å². The third-order valence-electron chi connectivity index (χ3n) is 2.74. The standard InChI is InChI=1S/C12H19N3/c1-3-10(2)8-15-9-11(7-14-15)6-13-12-4-5-12/h7,9,12-13H,2-6,8H2,1H3. The second-order valence-corrected chi connectivity index (χ2v) is 4.30. The van der Waals surface area contributed by atoms with Crippen molar-refractivity contribution in [2.75, 3.05) is 0 Å². The molecule has 0 aliphatic heterocycles. The third-order valence-corrected chi connectivity index (χ3v) is 2.74. The summed E-state index contributed by atoms with van der Waals surface area (Å²) in [6.45, 7) is 7.91. The molecular weight excluding hydrogens is 186 g/mol. The van der Waals surface area contributed by atoms with E-state index >= 15 is 0 Å². The summed E-state index contributed by atoms with van der Waals surface area (Å²) in [5.74, 6) is 0. The first-order valence-corrected chi connectivity index (χ1v) is 5.69. The van der Waals surface area contributed by atoms with Gasteiger partial charge in [-0.05, 0) is 19.3 Å². The zero-order valence-electron chi connectivity index (χ0n) is 9.37. The Morgan fingerprint density at radius 3 is 3.13 bits per heavy atom. The Morgan fingerprint density at radius 1 is 1.67 bits per heavy atom. The lowest BCUT2D eigenvalue weighted by Gasteiger charge is -2.02. The van der Waals surface area contributed by atoms with Crippen molar-refractivity contribution in [2.24, 2.45) is 0 Å². The lowest BCUT2D eigenvalue weighted by molar-refractivity contribution is 0.659. The summed E-state index contributed by atoms with van der Waals surface area (Å²) in [7, 11) is 0. The number of aromatic nitrogens is 2. The van der Waals surface area contributed by atoms with Gasteiger partial charge in [0.25, 0.3) is 0 Å². The second-order valence-electron chi connectivity index (χ2n) is 4.30. The van der Waals surface area contributed by atoms with Crippen LogP contribution in [0.1, 0.15) is 31.7 Å². The van der Waals surface area contributed by atoms with Gasteiger partial charge in [-0.15, -0.1) is 0 Å². The number of hydrogen-bond acceptors (Lipinski definition) is 2. The molecule has 0 spiro atoms. The molecule has 1 N–H and O–H groups in total. The lowest BCUT2D eigenvalue weighted by Crippen LogP contribution is -2.14. The van der Waals surface area contributed by atoms with E-state index < -0.39 is 0 Å². The van der Waals surface area contributed by atoms with Crippen LogP contribution in [-0.2, 0) is 13.1 Å². The van der Waals surface area contributed by atoms with Gasteiger partial charge in [0.2, 0.25) is 0 Å². The van der Waals surface area contributed by atoms with Crippen LogP contribution in [0, 0.1) is 0 Å². The molecule has 1 fully saturated rings. The van der Waals surface area contributed by atoms with Crippen molar-refractivity contribution in [2.45, 2.75) is 45.3 Å². The molecule has 1 aliphatic rings. The maximum atomic E-state index is 4.32.